The average molecular weight is 236 g/mol. The number of hydrogen-bond acceptors (Lipinski definition) is 6. The van der Waals surface area contributed by atoms with Gasteiger partial charge in [0, 0.05) is 0 Å². The maximum atomic E-state index is 11.4. The number of nitrogens with zero attached hydrogens (tertiary/aromatic N) is 2. The zero-order chi connectivity index (χ0) is 13.0. The lowest BCUT2D eigenvalue weighted by molar-refractivity contribution is -0.385. The van der Waals surface area contributed by atoms with E-state index in [4.69, 9.17) is 10.00 Å². The quantitative estimate of drug-likeness (QED) is 0.444. The van der Waals surface area contributed by atoms with Gasteiger partial charge in [0.2, 0.25) is 0 Å². The number of ether oxygens (including phenoxy) is 2. The van der Waals surface area contributed by atoms with Gasteiger partial charge in [-0.1, -0.05) is 0 Å². The van der Waals surface area contributed by atoms with E-state index in [1.807, 2.05) is 0 Å². The lowest BCUT2D eigenvalue weighted by atomic mass is 10.1. The van der Waals surface area contributed by atoms with Crippen LogP contribution < -0.4 is 4.74 Å². The van der Waals surface area contributed by atoms with E-state index < -0.39 is 16.6 Å². The van der Waals surface area contributed by atoms with Gasteiger partial charge in [-0.3, -0.25) is 10.1 Å². The Kier molecular flexibility index (Phi) is 3.62. The minimum atomic E-state index is -0.728. The third kappa shape index (κ3) is 2.31. The number of nitro benzene ring substituents is 1. The molecule has 1 rings (SSSR count). The van der Waals surface area contributed by atoms with E-state index in [-0.39, 0.29) is 16.9 Å². The fourth-order valence-corrected chi connectivity index (χ4v) is 1.25. The van der Waals surface area contributed by atoms with Crippen molar-refractivity contribution in [2.75, 3.05) is 14.2 Å². The molecule has 1 aromatic carbocycles. The van der Waals surface area contributed by atoms with Crippen molar-refractivity contribution in [2.24, 2.45) is 0 Å². The van der Waals surface area contributed by atoms with Crippen molar-refractivity contribution in [3.8, 4) is 11.8 Å². The number of hydrogen-bond donors (Lipinski definition) is 0. The van der Waals surface area contributed by atoms with Gasteiger partial charge in [-0.15, -0.1) is 0 Å². The number of methoxy groups -OCH3 is 2. The Morgan fingerprint density at radius 1 is 1.47 bits per heavy atom. The molecule has 0 radical (unpaired) electrons. The molecule has 7 nitrogen and oxygen atoms in total. The van der Waals surface area contributed by atoms with Crippen molar-refractivity contribution in [3.63, 3.8) is 0 Å². The second kappa shape index (κ2) is 4.94. The Hall–Kier alpha value is -2.62. The lowest BCUT2D eigenvalue weighted by Gasteiger charge is -2.07. The maximum Gasteiger partial charge on any atom is 0.341 e. The molecule has 17 heavy (non-hydrogen) atoms. The lowest BCUT2D eigenvalue weighted by Crippen LogP contribution is -2.06. The standard InChI is InChI=1S/C10H8N2O5/c1-16-9-4-8(12(14)15)6(5-11)3-7(9)10(13)17-2/h3-4H,1-2H3. The number of rotatable bonds is 3. The number of nitro groups is 1. The molecule has 0 aliphatic carbocycles. The first-order valence-electron chi connectivity index (χ1n) is 4.40. The van der Waals surface area contributed by atoms with Crippen molar-refractivity contribution in [1.29, 1.82) is 5.26 Å². The molecule has 7 heteroatoms. The second-order valence-electron chi connectivity index (χ2n) is 2.93. The van der Waals surface area contributed by atoms with E-state index in [2.05, 4.69) is 4.74 Å². The molecule has 0 heterocycles. The highest BCUT2D eigenvalue weighted by atomic mass is 16.6. The summed E-state index contributed by atoms with van der Waals surface area (Å²) in [4.78, 5) is 21.3. The molecule has 0 spiro atoms. The number of nitriles is 1. The van der Waals surface area contributed by atoms with Crippen LogP contribution in [0, 0.1) is 21.4 Å². The summed E-state index contributed by atoms with van der Waals surface area (Å²) in [6, 6.07) is 3.73. The molecule has 0 unspecified atom stereocenters. The van der Waals surface area contributed by atoms with Gasteiger partial charge in [-0.25, -0.2) is 4.79 Å². The van der Waals surface area contributed by atoms with Gasteiger partial charge >= 0.3 is 5.97 Å². The first-order chi connectivity index (χ1) is 8.04. The Bertz CT molecular complexity index is 518. The molecule has 88 valence electrons. The fraction of sp³-hybridized carbons (Fsp3) is 0.200. The first-order valence-corrected chi connectivity index (χ1v) is 4.40. The molecule has 0 saturated heterocycles. The summed E-state index contributed by atoms with van der Waals surface area (Å²) >= 11 is 0. The van der Waals surface area contributed by atoms with Crippen LogP contribution in [0.15, 0.2) is 12.1 Å². The van der Waals surface area contributed by atoms with Crippen molar-refractivity contribution in [1.82, 2.24) is 0 Å². The highest BCUT2D eigenvalue weighted by Gasteiger charge is 2.22. The Morgan fingerprint density at radius 3 is 2.53 bits per heavy atom. The molecule has 0 fully saturated rings. The van der Waals surface area contributed by atoms with Crippen LogP contribution in [-0.2, 0) is 4.74 Å². The number of carbonyl (C=O) groups excluding carboxylic acids is 1. The van der Waals surface area contributed by atoms with Crippen molar-refractivity contribution in [3.05, 3.63) is 33.4 Å². The SMILES string of the molecule is COC(=O)c1cc(C#N)c([N+](=O)[O-])cc1OC. The topological polar surface area (TPSA) is 102 Å². The Labute approximate surface area is 96.3 Å². The molecule has 0 aliphatic heterocycles. The summed E-state index contributed by atoms with van der Waals surface area (Å²) in [6.07, 6.45) is 0. The van der Waals surface area contributed by atoms with Crippen molar-refractivity contribution < 1.29 is 19.2 Å². The maximum absolute atomic E-state index is 11.4. The molecule has 0 amide bonds. The Morgan fingerprint density at radius 2 is 2.12 bits per heavy atom. The zero-order valence-electron chi connectivity index (χ0n) is 9.09. The largest absolute Gasteiger partial charge is 0.496 e. The third-order valence-electron chi connectivity index (χ3n) is 2.04. The summed E-state index contributed by atoms with van der Waals surface area (Å²) < 4.78 is 9.32. The average Bonchev–Trinajstić information content (AvgIpc) is 2.35. The summed E-state index contributed by atoms with van der Waals surface area (Å²) in [5.41, 5.74) is -0.676. The molecule has 0 atom stereocenters. The summed E-state index contributed by atoms with van der Waals surface area (Å²) in [5.74, 6) is -0.740. The number of esters is 1. The van der Waals surface area contributed by atoms with Gasteiger partial charge in [0.1, 0.15) is 22.9 Å². The van der Waals surface area contributed by atoms with Gasteiger partial charge in [0.05, 0.1) is 25.2 Å². The van der Waals surface area contributed by atoms with Crippen LogP contribution in [0.1, 0.15) is 15.9 Å². The van der Waals surface area contributed by atoms with Crippen molar-refractivity contribution in [2.45, 2.75) is 0 Å². The van der Waals surface area contributed by atoms with E-state index in [0.29, 0.717) is 0 Å². The van der Waals surface area contributed by atoms with E-state index in [1.54, 1.807) is 6.07 Å². The molecule has 1 aromatic rings. The van der Waals surface area contributed by atoms with E-state index in [1.165, 1.54) is 7.11 Å². The zero-order valence-corrected chi connectivity index (χ0v) is 9.09. The van der Waals surface area contributed by atoms with Crippen LogP contribution in [0.3, 0.4) is 0 Å². The van der Waals surface area contributed by atoms with Gasteiger partial charge < -0.3 is 9.47 Å². The minimum Gasteiger partial charge on any atom is -0.496 e. The van der Waals surface area contributed by atoms with Crippen LogP contribution in [0.5, 0.6) is 5.75 Å². The summed E-state index contributed by atoms with van der Waals surface area (Å²) in [7, 11) is 2.42. The van der Waals surface area contributed by atoms with Gasteiger partial charge in [0.15, 0.2) is 0 Å². The fourth-order valence-electron chi connectivity index (χ4n) is 1.25. The predicted molar refractivity (Wildman–Crippen MR) is 55.7 cm³/mol. The molecule has 0 saturated carbocycles. The van der Waals surface area contributed by atoms with Gasteiger partial charge in [0.25, 0.3) is 5.69 Å². The molecule has 0 N–H and O–H groups in total. The van der Waals surface area contributed by atoms with Gasteiger partial charge in [-0.2, -0.15) is 5.26 Å². The van der Waals surface area contributed by atoms with E-state index in [9.17, 15) is 14.9 Å². The monoisotopic (exact) mass is 236 g/mol. The first kappa shape index (κ1) is 12.4. The smallest absolute Gasteiger partial charge is 0.341 e. The van der Waals surface area contributed by atoms with Crippen LogP contribution in [0.25, 0.3) is 0 Å². The summed E-state index contributed by atoms with van der Waals surface area (Å²) in [6.45, 7) is 0. The molecule has 0 bridgehead atoms. The van der Waals surface area contributed by atoms with Crippen LogP contribution >= 0.6 is 0 Å². The second-order valence-corrected chi connectivity index (χ2v) is 2.93. The summed E-state index contributed by atoms with van der Waals surface area (Å²) in [5, 5.41) is 19.4. The predicted octanol–water partition coefficient (Wildman–Crippen LogP) is 1.26. The van der Waals surface area contributed by atoms with Crippen LogP contribution in [0.4, 0.5) is 5.69 Å². The third-order valence-corrected chi connectivity index (χ3v) is 2.04. The molecule has 0 aliphatic rings. The number of benzene rings is 1. The molecular weight excluding hydrogens is 228 g/mol. The normalized spacial score (nSPS) is 9.24. The van der Waals surface area contributed by atoms with Crippen molar-refractivity contribution >= 4 is 11.7 Å². The molecular formula is C10H8N2O5. The van der Waals surface area contributed by atoms with Crippen LogP contribution in [0.2, 0.25) is 0 Å². The van der Waals surface area contributed by atoms with E-state index in [0.717, 1.165) is 19.2 Å². The highest BCUT2D eigenvalue weighted by Crippen LogP contribution is 2.28. The minimum absolute atomic E-state index is 0.0115. The Balaban J connectivity index is 3.50. The highest BCUT2D eigenvalue weighted by molar-refractivity contribution is 5.93. The van der Waals surface area contributed by atoms with Crippen LogP contribution in [-0.4, -0.2) is 25.1 Å². The molecule has 0 aromatic heterocycles. The number of carbonyl (C=O) groups is 1. The van der Waals surface area contributed by atoms with E-state index >= 15 is 0 Å². The van der Waals surface area contributed by atoms with Gasteiger partial charge in [-0.05, 0) is 6.07 Å².